The Morgan fingerprint density at radius 3 is 2.69 bits per heavy atom. The van der Waals surface area contributed by atoms with Crippen LogP contribution in [-0.2, 0) is 0 Å². The maximum atomic E-state index is 5.94. The summed E-state index contributed by atoms with van der Waals surface area (Å²) in [6.07, 6.45) is 1.76. The van der Waals surface area contributed by atoms with E-state index in [1.54, 1.807) is 19.4 Å². The maximum absolute atomic E-state index is 5.94. The van der Waals surface area contributed by atoms with E-state index in [1.165, 1.54) is 0 Å². The van der Waals surface area contributed by atoms with Crippen LogP contribution in [0.25, 0.3) is 10.9 Å². The Morgan fingerprint density at radius 1 is 1.31 bits per heavy atom. The smallest absolute Gasteiger partial charge is 0.121 e. The summed E-state index contributed by atoms with van der Waals surface area (Å²) in [5.74, 6) is 0.751. The molecule has 0 aliphatic carbocycles. The molecule has 2 rings (SSSR count). The van der Waals surface area contributed by atoms with Crippen molar-refractivity contribution in [2.75, 3.05) is 31.8 Å². The molecule has 0 fully saturated rings. The topological polar surface area (TPSA) is 51.4 Å². The van der Waals surface area contributed by atoms with Crippen LogP contribution in [-0.4, -0.2) is 26.2 Å². The van der Waals surface area contributed by atoms with Gasteiger partial charge in [-0.05, 0) is 12.1 Å². The quantitative estimate of drug-likeness (QED) is 0.780. The molecule has 1 heterocycles. The predicted molar refractivity (Wildman–Crippen MR) is 67.0 cm³/mol. The van der Waals surface area contributed by atoms with Gasteiger partial charge < -0.3 is 15.4 Å². The maximum Gasteiger partial charge on any atom is 0.121 e. The van der Waals surface area contributed by atoms with E-state index in [1.807, 2.05) is 31.1 Å². The summed E-state index contributed by atoms with van der Waals surface area (Å²) >= 11 is 0. The zero-order chi connectivity index (χ0) is 11.7. The molecule has 0 radical (unpaired) electrons. The average molecular weight is 217 g/mol. The van der Waals surface area contributed by atoms with Gasteiger partial charge in [-0.3, -0.25) is 4.98 Å². The van der Waals surface area contributed by atoms with Crippen molar-refractivity contribution < 1.29 is 4.74 Å². The second-order valence-corrected chi connectivity index (χ2v) is 3.84. The Hall–Kier alpha value is -1.97. The highest BCUT2D eigenvalue weighted by atomic mass is 16.5. The monoisotopic (exact) mass is 217 g/mol. The SMILES string of the molecule is COc1cc(N)c2nccc(N(C)C)c2c1. The first-order chi connectivity index (χ1) is 7.63. The third kappa shape index (κ3) is 1.62. The summed E-state index contributed by atoms with van der Waals surface area (Å²) in [7, 11) is 5.61. The Labute approximate surface area is 94.6 Å². The molecule has 0 saturated carbocycles. The number of benzene rings is 1. The van der Waals surface area contributed by atoms with Crippen LogP contribution in [0.1, 0.15) is 0 Å². The molecule has 0 unspecified atom stereocenters. The molecule has 0 atom stereocenters. The van der Waals surface area contributed by atoms with E-state index >= 15 is 0 Å². The first-order valence-corrected chi connectivity index (χ1v) is 5.03. The van der Waals surface area contributed by atoms with Crippen LogP contribution in [0.4, 0.5) is 11.4 Å². The Kier molecular flexibility index (Phi) is 2.56. The van der Waals surface area contributed by atoms with Gasteiger partial charge in [0.2, 0.25) is 0 Å². The molecule has 16 heavy (non-hydrogen) atoms. The number of aromatic nitrogens is 1. The van der Waals surface area contributed by atoms with Crippen molar-refractivity contribution in [3.8, 4) is 5.75 Å². The number of hydrogen-bond donors (Lipinski definition) is 1. The van der Waals surface area contributed by atoms with Gasteiger partial charge in [0.1, 0.15) is 5.75 Å². The number of rotatable bonds is 2. The molecule has 84 valence electrons. The second kappa shape index (κ2) is 3.89. The van der Waals surface area contributed by atoms with Gasteiger partial charge in [0.05, 0.1) is 18.3 Å². The number of nitrogens with two attached hydrogens (primary N) is 1. The molecule has 4 heteroatoms. The van der Waals surface area contributed by atoms with E-state index in [4.69, 9.17) is 10.5 Å². The summed E-state index contributed by atoms with van der Waals surface area (Å²) in [5, 5.41) is 1.00. The summed E-state index contributed by atoms with van der Waals surface area (Å²) in [5.41, 5.74) is 8.47. The number of nitrogen functional groups attached to an aromatic ring is 1. The number of anilines is 2. The van der Waals surface area contributed by atoms with E-state index in [2.05, 4.69) is 4.98 Å². The molecule has 1 aromatic heterocycles. The predicted octanol–water partition coefficient (Wildman–Crippen LogP) is 1.89. The highest BCUT2D eigenvalue weighted by Gasteiger charge is 2.08. The molecule has 1 aromatic carbocycles. The minimum atomic E-state index is 0.637. The van der Waals surface area contributed by atoms with E-state index in [-0.39, 0.29) is 0 Å². The van der Waals surface area contributed by atoms with Crippen molar-refractivity contribution in [3.05, 3.63) is 24.4 Å². The molecular formula is C12H15N3O. The van der Waals surface area contributed by atoms with E-state index in [9.17, 15) is 0 Å². The van der Waals surface area contributed by atoms with Gasteiger partial charge in [0.25, 0.3) is 0 Å². The van der Waals surface area contributed by atoms with Crippen molar-refractivity contribution in [2.24, 2.45) is 0 Å². The second-order valence-electron chi connectivity index (χ2n) is 3.84. The van der Waals surface area contributed by atoms with Gasteiger partial charge in [-0.2, -0.15) is 0 Å². The fourth-order valence-corrected chi connectivity index (χ4v) is 1.75. The molecule has 0 amide bonds. The van der Waals surface area contributed by atoms with Crippen molar-refractivity contribution in [1.29, 1.82) is 0 Å². The summed E-state index contributed by atoms with van der Waals surface area (Å²) < 4.78 is 5.21. The number of fused-ring (bicyclic) bond motifs is 1. The van der Waals surface area contributed by atoms with Crippen LogP contribution >= 0.6 is 0 Å². The Morgan fingerprint density at radius 2 is 2.06 bits per heavy atom. The molecule has 2 N–H and O–H groups in total. The third-order valence-corrected chi connectivity index (χ3v) is 2.54. The lowest BCUT2D eigenvalue weighted by Gasteiger charge is -2.16. The van der Waals surface area contributed by atoms with Gasteiger partial charge in [-0.1, -0.05) is 0 Å². The lowest BCUT2D eigenvalue weighted by Crippen LogP contribution is -2.09. The fraction of sp³-hybridized carbons (Fsp3) is 0.250. The van der Waals surface area contributed by atoms with Gasteiger partial charge >= 0.3 is 0 Å². The van der Waals surface area contributed by atoms with Crippen molar-refractivity contribution in [3.63, 3.8) is 0 Å². The normalized spacial score (nSPS) is 10.4. The minimum Gasteiger partial charge on any atom is -0.497 e. The summed E-state index contributed by atoms with van der Waals surface area (Å²) in [4.78, 5) is 6.32. The zero-order valence-electron chi connectivity index (χ0n) is 9.69. The fourth-order valence-electron chi connectivity index (χ4n) is 1.75. The molecule has 0 spiro atoms. The Balaban J connectivity index is 2.79. The number of hydrogen-bond acceptors (Lipinski definition) is 4. The van der Waals surface area contributed by atoms with Crippen LogP contribution in [0.5, 0.6) is 5.75 Å². The highest BCUT2D eigenvalue weighted by molar-refractivity contribution is 5.99. The number of pyridine rings is 1. The van der Waals surface area contributed by atoms with Crippen LogP contribution < -0.4 is 15.4 Å². The van der Waals surface area contributed by atoms with Crippen LogP contribution in [0, 0.1) is 0 Å². The minimum absolute atomic E-state index is 0.637. The van der Waals surface area contributed by atoms with Gasteiger partial charge in [0.15, 0.2) is 0 Å². The van der Waals surface area contributed by atoms with Crippen molar-refractivity contribution in [2.45, 2.75) is 0 Å². The first-order valence-electron chi connectivity index (χ1n) is 5.03. The summed E-state index contributed by atoms with van der Waals surface area (Å²) in [6, 6.07) is 5.70. The molecule has 0 aliphatic heterocycles. The molecule has 4 nitrogen and oxygen atoms in total. The van der Waals surface area contributed by atoms with Gasteiger partial charge in [-0.15, -0.1) is 0 Å². The molecule has 0 saturated heterocycles. The number of ether oxygens (including phenoxy) is 1. The standard InChI is InChI=1S/C12H15N3O/c1-15(2)11-4-5-14-12-9(11)6-8(16-3)7-10(12)13/h4-7H,13H2,1-3H3. The van der Waals surface area contributed by atoms with E-state index < -0.39 is 0 Å². The lowest BCUT2D eigenvalue weighted by molar-refractivity contribution is 0.415. The third-order valence-electron chi connectivity index (χ3n) is 2.54. The first kappa shape index (κ1) is 10.5. The van der Waals surface area contributed by atoms with Crippen LogP contribution in [0.3, 0.4) is 0 Å². The lowest BCUT2D eigenvalue weighted by atomic mass is 10.1. The van der Waals surface area contributed by atoms with Crippen LogP contribution in [0.2, 0.25) is 0 Å². The number of methoxy groups -OCH3 is 1. The largest absolute Gasteiger partial charge is 0.497 e. The zero-order valence-corrected chi connectivity index (χ0v) is 9.69. The van der Waals surface area contributed by atoms with E-state index in [0.29, 0.717) is 5.69 Å². The Bertz CT molecular complexity index is 523. The molecule has 0 aliphatic rings. The highest BCUT2D eigenvalue weighted by Crippen LogP contribution is 2.31. The van der Waals surface area contributed by atoms with Gasteiger partial charge in [-0.25, -0.2) is 0 Å². The molecular weight excluding hydrogens is 202 g/mol. The number of nitrogens with zero attached hydrogens (tertiary/aromatic N) is 2. The molecule has 2 aromatic rings. The molecule has 0 bridgehead atoms. The van der Waals surface area contributed by atoms with E-state index in [0.717, 1.165) is 22.3 Å². The summed E-state index contributed by atoms with van der Waals surface area (Å²) in [6.45, 7) is 0. The van der Waals surface area contributed by atoms with Gasteiger partial charge in [0, 0.05) is 37.4 Å². The van der Waals surface area contributed by atoms with Crippen molar-refractivity contribution >= 4 is 22.3 Å². The van der Waals surface area contributed by atoms with Crippen LogP contribution in [0.15, 0.2) is 24.4 Å². The van der Waals surface area contributed by atoms with Crippen molar-refractivity contribution in [1.82, 2.24) is 4.98 Å². The average Bonchev–Trinajstić information content (AvgIpc) is 2.28.